The Balaban J connectivity index is 1.30. The third kappa shape index (κ3) is 3.72. The first-order valence-electron chi connectivity index (χ1n) is 14.3. The number of anilines is 2. The van der Waals surface area contributed by atoms with E-state index in [1.165, 1.54) is 60.9 Å². The number of benzene rings is 6. The molecule has 8 rings (SSSR count). The molecule has 1 N–H and O–H groups in total. The highest BCUT2D eigenvalue weighted by Gasteiger charge is 2.35. The number of nitrogens with zero attached hydrogens (tertiary/aromatic N) is 1. The first-order chi connectivity index (χ1) is 20.1. The number of para-hydroxylation sites is 2. The van der Waals surface area contributed by atoms with E-state index in [1.54, 1.807) is 0 Å². The van der Waals surface area contributed by atoms with Crippen molar-refractivity contribution in [3.63, 3.8) is 0 Å². The van der Waals surface area contributed by atoms with Gasteiger partial charge in [0.25, 0.3) is 0 Å². The Bertz CT molecular complexity index is 2100. The van der Waals surface area contributed by atoms with Gasteiger partial charge in [-0.1, -0.05) is 105 Å². The maximum Gasteiger partial charge on any atom is 0.0547 e. The van der Waals surface area contributed by atoms with Crippen molar-refractivity contribution in [1.82, 2.24) is 4.57 Å². The second-order valence-corrected chi connectivity index (χ2v) is 11.6. The second-order valence-electron chi connectivity index (χ2n) is 11.6. The molecule has 0 atom stereocenters. The van der Waals surface area contributed by atoms with Gasteiger partial charge >= 0.3 is 0 Å². The smallest absolute Gasteiger partial charge is 0.0547 e. The van der Waals surface area contributed by atoms with Crippen LogP contribution in [0.4, 0.5) is 11.4 Å². The Kier molecular flexibility index (Phi) is 5.20. The molecular formula is C39H30N2. The van der Waals surface area contributed by atoms with E-state index >= 15 is 0 Å². The van der Waals surface area contributed by atoms with Crippen molar-refractivity contribution >= 4 is 33.2 Å². The van der Waals surface area contributed by atoms with Crippen LogP contribution in [0.25, 0.3) is 49.7 Å². The van der Waals surface area contributed by atoms with E-state index in [2.05, 4.69) is 157 Å². The second kappa shape index (κ2) is 8.97. The van der Waals surface area contributed by atoms with Gasteiger partial charge < -0.3 is 9.88 Å². The van der Waals surface area contributed by atoms with Gasteiger partial charge in [-0.15, -0.1) is 0 Å². The Hall–Kier alpha value is -5.08. The minimum atomic E-state index is -0.00273. The summed E-state index contributed by atoms with van der Waals surface area (Å²) in [6.07, 6.45) is 0. The van der Waals surface area contributed by atoms with Crippen molar-refractivity contribution in [2.75, 3.05) is 5.32 Å². The van der Waals surface area contributed by atoms with Gasteiger partial charge in [0.15, 0.2) is 0 Å². The molecule has 0 fully saturated rings. The van der Waals surface area contributed by atoms with Crippen LogP contribution in [0.1, 0.15) is 25.0 Å². The van der Waals surface area contributed by atoms with Gasteiger partial charge in [0.05, 0.1) is 11.0 Å². The van der Waals surface area contributed by atoms with E-state index in [1.807, 2.05) is 6.07 Å². The number of fused-ring (bicyclic) bond motifs is 6. The maximum absolute atomic E-state index is 3.54. The Morgan fingerprint density at radius 1 is 0.488 bits per heavy atom. The number of aromatic nitrogens is 1. The molecule has 41 heavy (non-hydrogen) atoms. The molecule has 1 heterocycles. The Labute approximate surface area is 240 Å². The summed E-state index contributed by atoms with van der Waals surface area (Å²) in [4.78, 5) is 0. The summed E-state index contributed by atoms with van der Waals surface area (Å²) in [5.41, 5.74) is 13.7. The predicted octanol–water partition coefficient (Wildman–Crippen LogP) is 10.5. The summed E-state index contributed by atoms with van der Waals surface area (Å²) in [6, 6.07) is 50.5. The molecule has 1 aliphatic rings. The molecule has 6 aromatic carbocycles. The van der Waals surface area contributed by atoms with Gasteiger partial charge in [0.2, 0.25) is 0 Å². The summed E-state index contributed by atoms with van der Waals surface area (Å²) in [7, 11) is 0. The van der Waals surface area contributed by atoms with Crippen molar-refractivity contribution in [3.8, 4) is 27.9 Å². The normalized spacial score (nSPS) is 13.3. The van der Waals surface area contributed by atoms with E-state index in [0.717, 1.165) is 11.4 Å². The molecular weight excluding hydrogens is 496 g/mol. The van der Waals surface area contributed by atoms with Crippen LogP contribution in [0.2, 0.25) is 0 Å². The first kappa shape index (κ1) is 23.8. The minimum Gasteiger partial charge on any atom is -0.356 e. The zero-order valence-corrected chi connectivity index (χ0v) is 23.2. The summed E-state index contributed by atoms with van der Waals surface area (Å²) >= 11 is 0. The van der Waals surface area contributed by atoms with E-state index < -0.39 is 0 Å². The first-order valence-corrected chi connectivity index (χ1v) is 14.3. The molecule has 2 heteroatoms. The van der Waals surface area contributed by atoms with Gasteiger partial charge in [-0.25, -0.2) is 0 Å². The quantitative estimate of drug-likeness (QED) is 0.241. The van der Waals surface area contributed by atoms with E-state index in [9.17, 15) is 0 Å². The van der Waals surface area contributed by atoms with Crippen molar-refractivity contribution in [1.29, 1.82) is 0 Å². The lowest BCUT2D eigenvalue weighted by Crippen LogP contribution is -2.14. The van der Waals surface area contributed by atoms with Crippen molar-refractivity contribution in [2.24, 2.45) is 0 Å². The molecule has 1 aromatic heterocycles. The van der Waals surface area contributed by atoms with Crippen LogP contribution < -0.4 is 5.32 Å². The van der Waals surface area contributed by atoms with E-state index in [0.29, 0.717) is 0 Å². The molecule has 0 bridgehead atoms. The standard InChI is InChI=1S/C39H30N2/c1-39(2)35-17-8-6-15-31(35)34-25-30(20-22-36(34)39)41-37-18-9-7-16-32(37)33-21-19-27(24-38(33)41)26-11-10-14-29(23-26)40-28-12-4-3-5-13-28/h3-25,40H,1-2H3. The minimum absolute atomic E-state index is 0.00273. The molecule has 0 radical (unpaired) electrons. The van der Waals surface area contributed by atoms with Crippen LogP contribution in [0, 0.1) is 0 Å². The van der Waals surface area contributed by atoms with Crippen LogP contribution in [-0.4, -0.2) is 4.57 Å². The molecule has 1 aliphatic carbocycles. The fourth-order valence-corrected chi connectivity index (χ4v) is 6.74. The lowest BCUT2D eigenvalue weighted by atomic mass is 9.82. The molecule has 0 amide bonds. The number of rotatable bonds is 4. The van der Waals surface area contributed by atoms with Crippen molar-refractivity contribution in [3.05, 3.63) is 151 Å². The summed E-state index contributed by atoms with van der Waals surface area (Å²) < 4.78 is 2.44. The lowest BCUT2D eigenvalue weighted by Gasteiger charge is -2.21. The van der Waals surface area contributed by atoms with Crippen LogP contribution in [0.15, 0.2) is 140 Å². The average Bonchev–Trinajstić information content (AvgIpc) is 3.46. The van der Waals surface area contributed by atoms with Crippen LogP contribution in [0.5, 0.6) is 0 Å². The molecule has 0 saturated carbocycles. The summed E-state index contributed by atoms with van der Waals surface area (Å²) in [5, 5.41) is 6.08. The van der Waals surface area contributed by atoms with Gasteiger partial charge in [0.1, 0.15) is 0 Å². The average molecular weight is 527 g/mol. The third-order valence-corrected chi connectivity index (χ3v) is 8.76. The zero-order chi connectivity index (χ0) is 27.6. The summed E-state index contributed by atoms with van der Waals surface area (Å²) in [6.45, 7) is 4.68. The van der Waals surface area contributed by atoms with Gasteiger partial charge in [0, 0.05) is 33.2 Å². The Morgan fingerprint density at radius 2 is 1.20 bits per heavy atom. The molecule has 0 unspecified atom stereocenters. The highest BCUT2D eigenvalue weighted by Crippen LogP contribution is 2.49. The topological polar surface area (TPSA) is 17.0 Å². The predicted molar refractivity (Wildman–Crippen MR) is 174 cm³/mol. The number of nitrogens with one attached hydrogen (secondary N) is 1. The fraction of sp³-hybridized carbons (Fsp3) is 0.0769. The lowest BCUT2D eigenvalue weighted by molar-refractivity contribution is 0.660. The van der Waals surface area contributed by atoms with Gasteiger partial charge in [-0.2, -0.15) is 0 Å². The van der Waals surface area contributed by atoms with E-state index in [-0.39, 0.29) is 5.41 Å². The number of hydrogen-bond acceptors (Lipinski definition) is 1. The monoisotopic (exact) mass is 526 g/mol. The molecule has 2 nitrogen and oxygen atoms in total. The molecule has 196 valence electrons. The van der Waals surface area contributed by atoms with Crippen molar-refractivity contribution < 1.29 is 0 Å². The van der Waals surface area contributed by atoms with Gasteiger partial charge in [-0.05, 0) is 81.9 Å². The highest BCUT2D eigenvalue weighted by atomic mass is 15.0. The van der Waals surface area contributed by atoms with E-state index in [4.69, 9.17) is 0 Å². The molecule has 7 aromatic rings. The maximum atomic E-state index is 3.54. The zero-order valence-electron chi connectivity index (χ0n) is 23.2. The third-order valence-electron chi connectivity index (χ3n) is 8.76. The highest BCUT2D eigenvalue weighted by molar-refractivity contribution is 6.10. The Morgan fingerprint density at radius 3 is 2.10 bits per heavy atom. The molecule has 0 aliphatic heterocycles. The summed E-state index contributed by atoms with van der Waals surface area (Å²) in [5.74, 6) is 0. The van der Waals surface area contributed by atoms with Crippen LogP contribution in [0.3, 0.4) is 0 Å². The van der Waals surface area contributed by atoms with Crippen LogP contribution in [-0.2, 0) is 5.41 Å². The fourth-order valence-electron chi connectivity index (χ4n) is 6.74. The van der Waals surface area contributed by atoms with Gasteiger partial charge in [-0.3, -0.25) is 0 Å². The van der Waals surface area contributed by atoms with Crippen molar-refractivity contribution in [2.45, 2.75) is 19.3 Å². The number of hydrogen-bond donors (Lipinski definition) is 1. The SMILES string of the molecule is CC1(C)c2ccccc2-c2cc(-n3c4ccccc4c4ccc(-c5cccc(Nc6ccccc6)c5)cc43)ccc21. The largest absolute Gasteiger partial charge is 0.356 e. The molecule has 0 spiro atoms. The molecule has 0 saturated heterocycles. The van der Waals surface area contributed by atoms with Crippen LogP contribution >= 0.6 is 0 Å².